The minimum Gasteiger partial charge on any atom is -0.414 e. The summed E-state index contributed by atoms with van der Waals surface area (Å²) < 4.78 is 33.3. The lowest BCUT2D eigenvalue weighted by atomic mass is 10.0. The van der Waals surface area contributed by atoms with Crippen LogP contribution in [0.3, 0.4) is 0 Å². The maximum absolute atomic E-state index is 13.8. The van der Waals surface area contributed by atoms with Gasteiger partial charge in [-0.15, -0.1) is 10.2 Å². The lowest BCUT2D eigenvalue weighted by Gasteiger charge is -2.14. The fourth-order valence-corrected chi connectivity index (χ4v) is 3.07. The molecule has 0 bridgehead atoms. The number of nitrogens with two attached hydrogens (primary N) is 1. The maximum Gasteiger partial charge on any atom is 0.270 e. The molecule has 0 unspecified atom stereocenters. The van der Waals surface area contributed by atoms with Gasteiger partial charge in [-0.3, -0.25) is 4.79 Å². The molecule has 166 valence electrons. The second-order valence-electron chi connectivity index (χ2n) is 7.07. The zero-order chi connectivity index (χ0) is 22.8. The number of carbonyl (C=O) groups excluding carboxylic acids is 1. The Morgan fingerprint density at radius 3 is 2.50 bits per heavy atom. The number of rotatable bonds is 5. The van der Waals surface area contributed by atoms with Crippen LogP contribution in [-0.2, 0) is 0 Å². The van der Waals surface area contributed by atoms with Crippen molar-refractivity contribution in [3.63, 3.8) is 0 Å². The van der Waals surface area contributed by atoms with Gasteiger partial charge >= 0.3 is 0 Å². The van der Waals surface area contributed by atoms with Gasteiger partial charge in [0.1, 0.15) is 0 Å². The molecule has 2 aromatic carbocycles. The number of anilines is 1. The molecule has 0 fully saturated rings. The molecule has 32 heavy (non-hydrogen) atoms. The highest BCUT2D eigenvalue weighted by molar-refractivity contribution is 5.94. The van der Waals surface area contributed by atoms with E-state index in [1.807, 2.05) is 18.2 Å². The van der Waals surface area contributed by atoms with E-state index >= 15 is 0 Å². The number of amides is 1. The van der Waals surface area contributed by atoms with Crippen molar-refractivity contribution >= 4 is 11.7 Å². The van der Waals surface area contributed by atoms with Crippen LogP contribution in [0.5, 0.6) is 0 Å². The molecule has 2 N–H and O–H groups in total. The summed E-state index contributed by atoms with van der Waals surface area (Å²) in [7, 11) is 3.09. The van der Waals surface area contributed by atoms with Gasteiger partial charge in [-0.25, -0.2) is 18.7 Å². The average Bonchev–Trinajstić information content (AvgIpc) is 3.29. The minimum atomic E-state index is -2.84. The number of alkyl halides is 2. The Hall–Kier alpha value is -4.21. The Labute approximate surface area is 184 Å². The van der Waals surface area contributed by atoms with Gasteiger partial charge in [-0.2, -0.15) is 0 Å². The first-order valence-corrected chi connectivity index (χ1v) is 9.51. The monoisotopic (exact) mass is 440 g/mol. The quantitative estimate of drug-likeness (QED) is 0.484. The summed E-state index contributed by atoms with van der Waals surface area (Å²) in [6.07, 6.45) is -1.56. The number of halogens is 2. The van der Waals surface area contributed by atoms with Crippen molar-refractivity contribution < 1.29 is 20.8 Å². The van der Waals surface area contributed by atoms with Gasteiger partial charge in [0.25, 0.3) is 18.2 Å². The Morgan fingerprint density at radius 2 is 1.81 bits per heavy atom. The first kappa shape index (κ1) is 21.0. The topological polar surface area (TPSA) is 111 Å². The van der Waals surface area contributed by atoms with Gasteiger partial charge in [0.15, 0.2) is 11.5 Å². The van der Waals surface area contributed by atoms with Crippen molar-refractivity contribution in [2.24, 2.45) is 0 Å². The molecule has 0 spiro atoms. The summed E-state index contributed by atoms with van der Waals surface area (Å²) in [5.41, 5.74) is 6.76. The van der Waals surface area contributed by atoms with Crippen molar-refractivity contribution in [3.8, 4) is 34.3 Å². The molecule has 0 atom stereocenters. The molecule has 4 aromatic rings. The van der Waals surface area contributed by atoms with Gasteiger partial charge in [0.2, 0.25) is 5.89 Å². The van der Waals surface area contributed by atoms with E-state index in [4.69, 9.17) is 10.2 Å². The number of hydrogen-bond donors (Lipinski definition) is 1. The van der Waals surface area contributed by atoms with Crippen LogP contribution in [0.2, 0.25) is 0 Å². The van der Waals surface area contributed by atoms with Crippen LogP contribution in [0, 0.1) is 0 Å². The van der Waals surface area contributed by atoms with Gasteiger partial charge in [-0.1, -0.05) is 24.3 Å². The molecule has 0 saturated carbocycles. The van der Waals surface area contributed by atoms with E-state index in [0.29, 0.717) is 5.56 Å². The van der Waals surface area contributed by atoms with E-state index in [-0.39, 0.29) is 54.4 Å². The molecule has 2 aromatic heterocycles. The molecule has 0 saturated heterocycles. The minimum absolute atomic E-state index is 0. The standard InChI is InChI=1S/C22H18F2N6O2.2H2/c1-30(2)22(31)13-8-9-14(15(10-13)18(23)24)16-11-26-19(25)17(27-16)21-29-28-20(32-21)12-6-4-3-5-7-12;;/h3-11,18H,1-2H3,(H2,25,26);2*1H. The Morgan fingerprint density at radius 1 is 1.09 bits per heavy atom. The van der Waals surface area contributed by atoms with Crippen LogP contribution >= 0.6 is 0 Å². The molecular weight excluding hydrogens is 418 g/mol. The lowest BCUT2D eigenvalue weighted by Crippen LogP contribution is -2.21. The molecule has 0 aliphatic carbocycles. The smallest absolute Gasteiger partial charge is 0.270 e. The molecular formula is C22H22F2N6O2. The predicted octanol–water partition coefficient (Wildman–Crippen LogP) is 4.57. The molecule has 2 heterocycles. The largest absolute Gasteiger partial charge is 0.414 e. The van der Waals surface area contributed by atoms with Crippen LogP contribution in [0.15, 0.2) is 59.1 Å². The van der Waals surface area contributed by atoms with Gasteiger partial charge < -0.3 is 15.1 Å². The number of hydrogen-bond acceptors (Lipinski definition) is 7. The lowest BCUT2D eigenvalue weighted by molar-refractivity contribution is 0.0827. The van der Waals surface area contributed by atoms with Gasteiger partial charge in [0.05, 0.1) is 11.9 Å². The summed E-state index contributed by atoms with van der Waals surface area (Å²) in [6.45, 7) is 0. The van der Waals surface area contributed by atoms with Gasteiger partial charge in [-0.05, 0) is 24.3 Å². The van der Waals surface area contributed by atoms with E-state index < -0.39 is 6.43 Å². The van der Waals surface area contributed by atoms with Crippen LogP contribution in [-0.4, -0.2) is 45.1 Å². The van der Waals surface area contributed by atoms with Crippen LogP contribution in [0.25, 0.3) is 34.3 Å². The van der Waals surface area contributed by atoms with E-state index in [1.54, 1.807) is 26.2 Å². The highest BCUT2D eigenvalue weighted by Crippen LogP contribution is 2.33. The summed E-state index contributed by atoms with van der Waals surface area (Å²) in [5, 5.41) is 7.97. The number of carbonyl (C=O) groups is 1. The number of benzene rings is 2. The fourth-order valence-electron chi connectivity index (χ4n) is 3.07. The second-order valence-corrected chi connectivity index (χ2v) is 7.07. The SMILES string of the molecule is CN(C)C(=O)c1ccc(-c2cnc(N)c(-c3nnc(-c4ccccc4)o3)n2)c(C(F)F)c1.[HH].[HH]. The molecule has 0 aliphatic heterocycles. The fraction of sp³-hybridized carbons (Fsp3) is 0.136. The third kappa shape index (κ3) is 4.02. The molecule has 0 aliphatic rings. The number of aromatic nitrogens is 4. The Kier molecular flexibility index (Phi) is 5.59. The highest BCUT2D eigenvalue weighted by atomic mass is 19.3. The normalized spacial score (nSPS) is 11.0. The molecule has 0 radical (unpaired) electrons. The Balaban J connectivity index is 0.00000204. The summed E-state index contributed by atoms with van der Waals surface area (Å²) in [6, 6.07) is 13.1. The van der Waals surface area contributed by atoms with Crippen molar-refractivity contribution in [3.05, 3.63) is 65.9 Å². The van der Waals surface area contributed by atoms with Crippen molar-refractivity contribution in [1.82, 2.24) is 25.1 Å². The molecule has 10 heteroatoms. The first-order chi connectivity index (χ1) is 15.3. The first-order valence-electron chi connectivity index (χ1n) is 9.51. The van der Waals surface area contributed by atoms with E-state index in [0.717, 1.165) is 6.07 Å². The van der Waals surface area contributed by atoms with E-state index in [2.05, 4.69) is 20.2 Å². The van der Waals surface area contributed by atoms with Crippen molar-refractivity contribution in [2.45, 2.75) is 6.43 Å². The zero-order valence-electron chi connectivity index (χ0n) is 17.2. The number of nitrogens with zero attached hydrogens (tertiary/aromatic N) is 5. The summed E-state index contributed by atoms with van der Waals surface area (Å²) in [4.78, 5) is 21.9. The molecule has 4 rings (SSSR count). The predicted molar refractivity (Wildman–Crippen MR) is 118 cm³/mol. The second kappa shape index (κ2) is 8.50. The van der Waals surface area contributed by atoms with Crippen LogP contribution < -0.4 is 5.73 Å². The molecule has 8 nitrogen and oxygen atoms in total. The maximum atomic E-state index is 13.8. The van der Waals surface area contributed by atoms with Crippen molar-refractivity contribution in [1.29, 1.82) is 0 Å². The van der Waals surface area contributed by atoms with Crippen LogP contribution in [0.1, 0.15) is 25.2 Å². The van der Waals surface area contributed by atoms with E-state index in [1.165, 1.54) is 23.2 Å². The van der Waals surface area contributed by atoms with Crippen molar-refractivity contribution in [2.75, 3.05) is 19.8 Å². The van der Waals surface area contributed by atoms with Crippen LogP contribution in [0.4, 0.5) is 14.6 Å². The Bertz CT molecular complexity index is 1290. The summed E-state index contributed by atoms with van der Waals surface area (Å²) >= 11 is 0. The van der Waals surface area contributed by atoms with Gasteiger partial charge in [0, 0.05) is 39.2 Å². The zero-order valence-corrected chi connectivity index (χ0v) is 17.2. The third-order valence-electron chi connectivity index (χ3n) is 4.66. The van der Waals surface area contributed by atoms with E-state index in [9.17, 15) is 13.6 Å². The summed E-state index contributed by atoms with van der Waals surface area (Å²) in [5.74, 6) is -0.113. The molecule has 1 amide bonds. The highest BCUT2D eigenvalue weighted by Gasteiger charge is 2.22. The average molecular weight is 440 g/mol. The third-order valence-corrected chi connectivity index (χ3v) is 4.66. The number of nitrogen functional groups attached to an aromatic ring is 1.